The fourth-order valence-corrected chi connectivity index (χ4v) is 3.00. The summed E-state index contributed by atoms with van der Waals surface area (Å²) in [6.07, 6.45) is 6.01. The van der Waals surface area contributed by atoms with E-state index in [1.54, 1.807) is 20.2 Å². The zero-order valence-electron chi connectivity index (χ0n) is 16.0. The first-order valence-corrected chi connectivity index (χ1v) is 9.07. The predicted octanol–water partition coefficient (Wildman–Crippen LogP) is 2.56. The van der Waals surface area contributed by atoms with Gasteiger partial charge >= 0.3 is 0 Å². The molecule has 1 saturated carbocycles. The van der Waals surface area contributed by atoms with Crippen LogP contribution in [0.25, 0.3) is 11.0 Å². The number of aromatic nitrogens is 6. The van der Waals surface area contributed by atoms with Crippen molar-refractivity contribution in [2.45, 2.75) is 46.2 Å². The van der Waals surface area contributed by atoms with Crippen LogP contribution in [0.3, 0.4) is 0 Å². The summed E-state index contributed by atoms with van der Waals surface area (Å²) in [4.78, 5) is 24.0. The molecule has 1 unspecified atom stereocenters. The molecule has 0 aromatic carbocycles. The molecule has 158 valence electrons. The lowest BCUT2D eigenvalue weighted by molar-refractivity contribution is -0.123. The van der Waals surface area contributed by atoms with Crippen molar-refractivity contribution in [1.82, 2.24) is 35.3 Å². The molecule has 0 radical (unpaired) electrons. The molecule has 2 atom stereocenters. The van der Waals surface area contributed by atoms with Gasteiger partial charge < -0.3 is 20.9 Å². The smallest absolute Gasteiger partial charge is 0.244 e. The number of amides is 1. The Kier molecular flexibility index (Phi) is 7.07. The lowest BCUT2D eigenvalue weighted by Gasteiger charge is -2.15. The van der Waals surface area contributed by atoms with Crippen molar-refractivity contribution in [3.05, 3.63) is 18.5 Å². The molecule has 0 saturated heterocycles. The van der Waals surface area contributed by atoms with E-state index in [1.807, 2.05) is 12.3 Å². The van der Waals surface area contributed by atoms with E-state index in [1.165, 1.54) is 17.5 Å². The van der Waals surface area contributed by atoms with Crippen LogP contribution in [0.5, 0.6) is 0 Å². The molecule has 11 heteroatoms. The Hall–Kier alpha value is -2.82. The number of aromatic amines is 1. The lowest BCUT2D eigenvalue weighted by atomic mass is 10.2. The van der Waals surface area contributed by atoms with Crippen molar-refractivity contribution in [2.24, 2.45) is 5.92 Å². The number of hydrogen-bond donors (Lipinski definition) is 4. The minimum absolute atomic E-state index is 0. The Labute approximate surface area is 176 Å². The topological polar surface area (TPSA) is 125 Å². The van der Waals surface area contributed by atoms with Gasteiger partial charge in [-0.2, -0.15) is 23.5 Å². The summed E-state index contributed by atoms with van der Waals surface area (Å²) in [5.41, 5.74) is 0.740. The van der Waals surface area contributed by atoms with Crippen LogP contribution in [-0.2, 0) is 4.79 Å². The molecule has 0 spiro atoms. The van der Waals surface area contributed by atoms with E-state index in [0.29, 0.717) is 23.7 Å². The second kappa shape index (κ2) is 9.12. The number of rotatable bonds is 7. The Balaban J connectivity index is 0.00000150. The number of H-pyrrole nitrogens is 1. The maximum Gasteiger partial charge on any atom is 0.244 e. The molecule has 4 rings (SSSR count). The highest BCUT2D eigenvalue weighted by molar-refractivity contribution is 7.59. The van der Waals surface area contributed by atoms with Crippen molar-refractivity contribution in [3.8, 4) is 0 Å². The highest BCUT2D eigenvalue weighted by atomic mass is 32.1. The molecule has 10 nitrogen and oxygen atoms in total. The van der Waals surface area contributed by atoms with Crippen LogP contribution in [0.4, 0.5) is 17.6 Å². The molecule has 3 aromatic rings. The van der Waals surface area contributed by atoms with E-state index in [-0.39, 0.29) is 26.8 Å². The summed E-state index contributed by atoms with van der Waals surface area (Å²) < 4.78 is 1.49. The second-order valence-electron chi connectivity index (χ2n) is 6.91. The number of carbonyl (C=O) groups excluding carboxylic acids is 1. The third-order valence-corrected chi connectivity index (χ3v) is 4.88. The van der Waals surface area contributed by atoms with E-state index in [2.05, 4.69) is 48.1 Å². The van der Waals surface area contributed by atoms with Gasteiger partial charge in [0.2, 0.25) is 11.9 Å². The zero-order chi connectivity index (χ0) is 19.0. The monoisotopic (exact) mass is 419 g/mol. The van der Waals surface area contributed by atoms with Gasteiger partial charge in [0.25, 0.3) is 0 Å². The first-order chi connectivity index (χ1) is 13.0. The fraction of sp³-hybridized carbons (Fsp3) is 0.500. The van der Waals surface area contributed by atoms with Crippen LogP contribution in [0, 0.1) is 5.92 Å². The van der Waals surface area contributed by atoms with Gasteiger partial charge in [0.15, 0.2) is 5.82 Å². The standard InChI is InChI=1S/C17H23N9O.CH4.H2S/c1-9(11-4-5-11)20-15-12-6-7-19-14(12)22-17(23-15)21-13-8-26(25-24-13)10(2)16(27)18-3;;/h6-11H,4-5H2,1-3H3,(H,18,27)(H3,19,20,21,22,23);1H4;1H2/t9-,10?;;/m0../s1. The molecule has 1 amide bonds. The Morgan fingerprint density at radius 1 is 1.31 bits per heavy atom. The fourth-order valence-electron chi connectivity index (χ4n) is 3.00. The van der Waals surface area contributed by atoms with Crippen molar-refractivity contribution in [1.29, 1.82) is 0 Å². The highest BCUT2D eigenvalue weighted by Gasteiger charge is 2.28. The molecular weight excluding hydrogens is 390 g/mol. The molecule has 1 aliphatic rings. The van der Waals surface area contributed by atoms with Crippen molar-refractivity contribution >= 4 is 48.0 Å². The number of anilines is 3. The second-order valence-corrected chi connectivity index (χ2v) is 6.91. The van der Waals surface area contributed by atoms with Crippen LogP contribution in [-0.4, -0.2) is 48.9 Å². The third kappa shape index (κ3) is 4.78. The van der Waals surface area contributed by atoms with Gasteiger partial charge in [-0.05, 0) is 38.7 Å². The van der Waals surface area contributed by atoms with Crippen LogP contribution in [0.1, 0.15) is 40.2 Å². The van der Waals surface area contributed by atoms with Crippen LogP contribution < -0.4 is 16.0 Å². The summed E-state index contributed by atoms with van der Waals surface area (Å²) in [6, 6.07) is 1.86. The average molecular weight is 420 g/mol. The van der Waals surface area contributed by atoms with Gasteiger partial charge in [-0.15, -0.1) is 5.10 Å². The van der Waals surface area contributed by atoms with E-state index in [0.717, 1.165) is 16.9 Å². The maximum atomic E-state index is 11.7. The number of carbonyl (C=O) groups is 1. The summed E-state index contributed by atoms with van der Waals surface area (Å²) in [5, 5.41) is 18.2. The number of likely N-dealkylation sites (N-methyl/N-ethyl adjacent to an activating group) is 1. The summed E-state index contributed by atoms with van der Waals surface area (Å²) >= 11 is 0. The summed E-state index contributed by atoms with van der Waals surface area (Å²) in [5.74, 6) is 2.23. The third-order valence-electron chi connectivity index (χ3n) is 4.88. The van der Waals surface area contributed by atoms with Crippen LogP contribution in [0.15, 0.2) is 18.5 Å². The van der Waals surface area contributed by atoms with Crippen molar-refractivity contribution in [2.75, 3.05) is 17.7 Å². The predicted molar refractivity (Wildman–Crippen MR) is 119 cm³/mol. The van der Waals surface area contributed by atoms with E-state index in [9.17, 15) is 4.79 Å². The number of fused-ring (bicyclic) bond motifs is 1. The normalized spacial score (nSPS) is 15.0. The number of nitrogens with zero attached hydrogens (tertiary/aromatic N) is 5. The average Bonchev–Trinajstić information content (AvgIpc) is 3.24. The van der Waals surface area contributed by atoms with Gasteiger partial charge in [0.05, 0.1) is 11.6 Å². The maximum absolute atomic E-state index is 11.7. The first-order valence-electron chi connectivity index (χ1n) is 9.07. The lowest BCUT2D eigenvalue weighted by Crippen LogP contribution is -2.28. The van der Waals surface area contributed by atoms with E-state index in [4.69, 9.17) is 0 Å². The molecule has 4 N–H and O–H groups in total. The zero-order valence-corrected chi connectivity index (χ0v) is 17.0. The minimum atomic E-state index is -0.457. The molecule has 0 aliphatic heterocycles. The van der Waals surface area contributed by atoms with Gasteiger partial charge in [0.1, 0.15) is 17.5 Å². The first kappa shape index (κ1) is 22.5. The van der Waals surface area contributed by atoms with Crippen LogP contribution >= 0.6 is 13.5 Å². The van der Waals surface area contributed by atoms with Crippen LogP contribution in [0.2, 0.25) is 0 Å². The number of hydrogen-bond acceptors (Lipinski definition) is 7. The molecule has 1 aliphatic carbocycles. The molecular formula is C18H29N9OS. The Morgan fingerprint density at radius 2 is 2.07 bits per heavy atom. The quantitative estimate of drug-likeness (QED) is 0.464. The van der Waals surface area contributed by atoms with E-state index < -0.39 is 6.04 Å². The molecule has 0 bridgehead atoms. The number of nitrogens with one attached hydrogen (secondary N) is 4. The Morgan fingerprint density at radius 3 is 2.76 bits per heavy atom. The van der Waals surface area contributed by atoms with Crippen molar-refractivity contribution < 1.29 is 4.79 Å². The highest BCUT2D eigenvalue weighted by Crippen LogP contribution is 2.34. The van der Waals surface area contributed by atoms with Gasteiger partial charge in [0, 0.05) is 19.3 Å². The summed E-state index contributed by atoms with van der Waals surface area (Å²) in [7, 11) is 1.59. The SMILES string of the molecule is C.CNC(=O)C(C)n1cc(Nc2nc(N[C@@H](C)C3CC3)c3cc[nH]c3n2)nn1.S. The molecule has 3 aromatic heterocycles. The minimum Gasteiger partial charge on any atom is -0.367 e. The van der Waals surface area contributed by atoms with Crippen molar-refractivity contribution in [3.63, 3.8) is 0 Å². The Bertz CT molecular complexity index is 965. The molecule has 1 fully saturated rings. The van der Waals surface area contributed by atoms with Gasteiger partial charge in [-0.3, -0.25) is 4.79 Å². The molecule has 3 heterocycles. The van der Waals surface area contributed by atoms with Gasteiger partial charge in [-0.25, -0.2) is 4.68 Å². The van der Waals surface area contributed by atoms with Gasteiger partial charge in [-0.1, -0.05) is 12.6 Å². The summed E-state index contributed by atoms with van der Waals surface area (Å²) in [6.45, 7) is 3.93. The largest absolute Gasteiger partial charge is 0.367 e. The van der Waals surface area contributed by atoms with E-state index >= 15 is 0 Å². The molecule has 29 heavy (non-hydrogen) atoms.